The summed E-state index contributed by atoms with van der Waals surface area (Å²) in [7, 11) is 0. The van der Waals surface area contributed by atoms with Crippen LogP contribution in [-0.2, 0) is 19.5 Å². The maximum Gasteiger partial charge on any atom is 0.286 e. The maximum absolute atomic E-state index is 12.9. The average Bonchev–Trinajstić information content (AvgIpc) is 2.49. The number of nitrogens with two attached hydrogens (primary N) is 1. The smallest absolute Gasteiger partial charge is 0.286 e. The van der Waals surface area contributed by atoms with Gasteiger partial charge >= 0.3 is 0 Å². The molecule has 0 fully saturated rings. The average molecular weight is 286 g/mol. The molecule has 3 rings (SSSR count). The number of fused-ring (bicyclic) bond motifs is 1. The van der Waals surface area contributed by atoms with Crippen LogP contribution >= 0.6 is 0 Å². The third kappa shape index (κ3) is 3.05. The lowest BCUT2D eigenvalue weighted by atomic mass is 10.1. The Kier molecular flexibility index (Phi) is 3.62. The Balaban J connectivity index is 1.75. The van der Waals surface area contributed by atoms with E-state index in [1.54, 1.807) is 18.3 Å². The second-order valence-electron chi connectivity index (χ2n) is 5.12. The van der Waals surface area contributed by atoms with Crippen LogP contribution in [0.25, 0.3) is 0 Å². The van der Waals surface area contributed by atoms with Crippen molar-refractivity contribution in [3.63, 3.8) is 0 Å². The molecule has 1 aliphatic heterocycles. The minimum absolute atomic E-state index is 0.0531. The van der Waals surface area contributed by atoms with E-state index in [1.807, 2.05) is 0 Å². The molecule has 2 aromatic rings. The largest absolute Gasteiger partial charge is 0.363 e. The molecule has 1 aromatic carbocycles. The van der Waals surface area contributed by atoms with Crippen LogP contribution in [0, 0.1) is 5.82 Å². The molecule has 2 N–H and O–H groups in total. The number of halogens is 1. The summed E-state index contributed by atoms with van der Waals surface area (Å²) in [4.78, 5) is 21.5. The first-order valence-corrected chi connectivity index (χ1v) is 6.73. The molecule has 108 valence electrons. The van der Waals surface area contributed by atoms with Gasteiger partial charge in [-0.3, -0.25) is 9.69 Å². The lowest BCUT2D eigenvalue weighted by Gasteiger charge is -2.27. The summed E-state index contributed by atoms with van der Waals surface area (Å²) in [6.45, 7) is 2.23. The molecule has 0 radical (unpaired) electrons. The standard InChI is InChI=1S/C15H15FN4O/c16-12-3-1-10(2-4-12)8-20-6-5-11-7-18-15(14(17)21)19-13(11)9-20/h1-4,7H,5-6,8-9H2,(H2,17,21). The zero-order chi connectivity index (χ0) is 14.8. The van der Waals surface area contributed by atoms with E-state index in [0.717, 1.165) is 36.3 Å². The van der Waals surface area contributed by atoms with Crippen molar-refractivity contribution in [3.8, 4) is 0 Å². The number of aromatic nitrogens is 2. The highest BCUT2D eigenvalue weighted by atomic mass is 19.1. The van der Waals surface area contributed by atoms with Crippen LogP contribution in [0.5, 0.6) is 0 Å². The Hall–Kier alpha value is -2.34. The zero-order valence-corrected chi connectivity index (χ0v) is 11.4. The molecule has 0 atom stereocenters. The molecule has 2 heterocycles. The van der Waals surface area contributed by atoms with Gasteiger partial charge in [0, 0.05) is 25.8 Å². The van der Waals surface area contributed by atoms with Gasteiger partial charge in [0.25, 0.3) is 5.91 Å². The van der Waals surface area contributed by atoms with Crippen molar-refractivity contribution in [1.29, 1.82) is 0 Å². The van der Waals surface area contributed by atoms with Gasteiger partial charge in [0.05, 0.1) is 5.69 Å². The molecule has 21 heavy (non-hydrogen) atoms. The third-order valence-electron chi connectivity index (χ3n) is 3.56. The molecule has 0 aliphatic carbocycles. The number of benzene rings is 1. The van der Waals surface area contributed by atoms with Gasteiger partial charge in [-0.05, 0) is 29.7 Å². The predicted molar refractivity (Wildman–Crippen MR) is 74.8 cm³/mol. The normalized spacial score (nSPS) is 14.7. The van der Waals surface area contributed by atoms with Gasteiger partial charge in [-0.25, -0.2) is 14.4 Å². The van der Waals surface area contributed by atoms with E-state index in [9.17, 15) is 9.18 Å². The van der Waals surface area contributed by atoms with Crippen molar-refractivity contribution in [2.45, 2.75) is 19.5 Å². The Morgan fingerprint density at radius 3 is 2.81 bits per heavy atom. The van der Waals surface area contributed by atoms with Crippen molar-refractivity contribution in [1.82, 2.24) is 14.9 Å². The SMILES string of the molecule is NC(=O)c1ncc2c(n1)CN(Cc1ccc(F)cc1)CC2. The van der Waals surface area contributed by atoms with E-state index in [-0.39, 0.29) is 11.6 Å². The van der Waals surface area contributed by atoms with Crippen LogP contribution in [0.15, 0.2) is 30.5 Å². The lowest BCUT2D eigenvalue weighted by molar-refractivity contribution is 0.0989. The molecule has 1 aromatic heterocycles. The zero-order valence-electron chi connectivity index (χ0n) is 11.4. The highest BCUT2D eigenvalue weighted by Crippen LogP contribution is 2.18. The van der Waals surface area contributed by atoms with Gasteiger partial charge in [0.1, 0.15) is 5.82 Å². The molecular weight excluding hydrogens is 271 g/mol. The van der Waals surface area contributed by atoms with E-state index < -0.39 is 5.91 Å². The maximum atomic E-state index is 12.9. The van der Waals surface area contributed by atoms with Crippen LogP contribution < -0.4 is 5.73 Å². The summed E-state index contributed by atoms with van der Waals surface area (Å²) >= 11 is 0. The van der Waals surface area contributed by atoms with E-state index in [2.05, 4.69) is 14.9 Å². The molecule has 1 aliphatic rings. The fourth-order valence-electron chi connectivity index (χ4n) is 2.46. The second-order valence-corrected chi connectivity index (χ2v) is 5.12. The number of amides is 1. The van der Waals surface area contributed by atoms with Crippen molar-refractivity contribution < 1.29 is 9.18 Å². The van der Waals surface area contributed by atoms with Crippen LogP contribution in [-0.4, -0.2) is 27.3 Å². The number of carbonyl (C=O) groups is 1. The number of primary amides is 1. The molecule has 0 saturated heterocycles. The summed E-state index contributed by atoms with van der Waals surface area (Å²) in [5.41, 5.74) is 8.14. The quantitative estimate of drug-likeness (QED) is 0.922. The molecular formula is C15H15FN4O. The minimum atomic E-state index is -0.617. The molecule has 0 unspecified atom stereocenters. The summed E-state index contributed by atoms with van der Waals surface area (Å²) in [6, 6.07) is 6.47. The number of hydrogen-bond donors (Lipinski definition) is 1. The van der Waals surface area contributed by atoms with E-state index in [4.69, 9.17) is 5.73 Å². The molecule has 5 nitrogen and oxygen atoms in total. The Morgan fingerprint density at radius 2 is 2.10 bits per heavy atom. The van der Waals surface area contributed by atoms with Crippen LogP contribution in [0.3, 0.4) is 0 Å². The molecule has 1 amide bonds. The van der Waals surface area contributed by atoms with Crippen LogP contribution in [0.1, 0.15) is 27.4 Å². The fourth-order valence-corrected chi connectivity index (χ4v) is 2.46. The Labute approximate surface area is 121 Å². The number of rotatable bonds is 3. The monoisotopic (exact) mass is 286 g/mol. The number of carbonyl (C=O) groups excluding carboxylic acids is 1. The number of nitrogens with zero attached hydrogens (tertiary/aromatic N) is 3. The van der Waals surface area contributed by atoms with Crippen molar-refractivity contribution in [2.24, 2.45) is 5.73 Å². The summed E-state index contributed by atoms with van der Waals surface area (Å²) in [5, 5.41) is 0. The van der Waals surface area contributed by atoms with Crippen LogP contribution in [0.2, 0.25) is 0 Å². The summed E-state index contributed by atoms with van der Waals surface area (Å²) < 4.78 is 12.9. The van der Waals surface area contributed by atoms with E-state index >= 15 is 0 Å². The van der Waals surface area contributed by atoms with Gasteiger partial charge in [0.2, 0.25) is 5.82 Å². The number of hydrogen-bond acceptors (Lipinski definition) is 4. The predicted octanol–water partition coefficient (Wildman–Crippen LogP) is 1.27. The first-order chi connectivity index (χ1) is 10.1. The molecule has 0 bridgehead atoms. The van der Waals surface area contributed by atoms with Crippen molar-refractivity contribution >= 4 is 5.91 Å². The highest BCUT2D eigenvalue weighted by molar-refractivity contribution is 5.88. The highest BCUT2D eigenvalue weighted by Gasteiger charge is 2.19. The van der Waals surface area contributed by atoms with Crippen molar-refractivity contribution in [2.75, 3.05) is 6.54 Å². The first kappa shape index (κ1) is 13.6. The van der Waals surface area contributed by atoms with E-state index in [1.165, 1.54) is 12.1 Å². The summed E-state index contributed by atoms with van der Waals surface area (Å²) in [5.74, 6) is -0.799. The van der Waals surface area contributed by atoms with Gasteiger partial charge in [-0.15, -0.1) is 0 Å². The second kappa shape index (κ2) is 5.57. The van der Waals surface area contributed by atoms with Crippen molar-refractivity contribution in [3.05, 3.63) is 58.9 Å². The lowest BCUT2D eigenvalue weighted by Crippen LogP contribution is -2.32. The minimum Gasteiger partial charge on any atom is -0.363 e. The Morgan fingerprint density at radius 1 is 1.33 bits per heavy atom. The Bertz CT molecular complexity index is 672. The molecule has 6 heteroatoms. The van der Waals surface area contributed by atoms with Gasteiger partial charge < -0.3 is 5.73 Å². The van der Waals surface area contributed by atoms with Gasteiger partial charge in [-0.1, -0.05) is 12.1 Å². The third-order valence-corrected chi connectivity index (χ3v) is 3.56. The van der Waals surface area contributed by atoms with Gasteiger partial charge in [0.15, 0.2) is 0 Å². The van der Waals surface area contributed by atoms with Gasteiger partial charge in [-0.2, -0.15) is 0 Å². The van der Waals surface area contributed by atoms with E-state index in [0.29, 0.717) is 6.54 Å². The first-order valence-electron chi connectivity index (χ1n) is 6.73. The topological polar surface area (TPSA) is 72.1 Å². The van der Waals surface area contributed by atoms with Crippen LogP contribution in [0.4, 0.5) is 4.39 Å². The summed E-state index contributed by atoms with van der Waals surface area (Å²) in [6.07, 6.45) is 2.51. The molecule has 0 spiro atoms. The molecule has 0 saturated carbocycles. The fraction of sp³-hybridized carbons (Fsp3) is 0.267.